The molecule has 1 aromatic rings. The van der Waals surface area contributed by atoms with Gasteiger partial charge in [-0.05, 0) is 18.5 Å². The summed E-state index contributed by atoms with van der Waals surface area (Å²) in [5, 5.41) is 0. The number of ether oxygens (including phenoxy) is 2. The van der Waals surface area contributed by atoms with E-state index < -0.39 is 0 Å². The van der Waals surface area contributed by atoms with Crippen LogP contribution < -0.4 is 15.2 Å². The van der Waals surface area contributed by atoms with Gasteiger partial charge in [0.25, 0.3) is 0 Å². The van der Waals surface area contributed by atoms with Crippen LogP contribution in [0.3, 0.4) is 0 Å². The Balaban J connectivity index is 2.28. The van der Waals surface area contributed by atoms with Gasteiger partial charge in [0.05, 0.1) is 7.11 Å². The topological polar surface area (TPSA) is 44.5 Å². The highest BCUT2D eigenvalue weighted by Crippen LogP contribution is 2.37. The van der Waals surface area contributed by atoms with Crippen LogP contribution in [0.15, 0.2) is 18.2 Å². The standard InChI is InChI=1S/C13H19NO2S/c1-9(6-14)11-4-3-5-12(15-2)13(11)16-10-7-17-8-10/h3-5,9-10H,6-8,14H2,1-2H3. The van der Waals surface area contributed by atoms with Gasteiger partial charge in [-0.3, -0.25) is 0 Å². The lowest BCUT2D eigenvalue weighted by Gasteiger charge is -2.28. The Morgan fingerprint density at radius 1 is 1.47 bits per heavy atom. The zero-order chi connectivity index (χ0) is 12.3. The molecule has 1 heterocycles. The first kappa shape index (κ1) is 12.6. The molecule has 0 spiro atoms. The molecule has 0 bridgehead atoms. The molecule has 0 amide bonds. The van der Waals surface area contributed by atoms with Crippen molar-refractivity contribution in [2.75, 3.05) is 25.2 Å². The van der Waals surface area contributed by atoms with Gasteiger partial charge in [-0.1, -0.05) is 19.1 Å². The van der Waals surface area contributed by atoms with E-state index in [-0.39, 0.29) is 5.92 Å². The molecule has 1 aromatic carbocycles. The van der Waals surface area contributed by atoms with Gasteiger partial charge in [-0.15, -0.1) is 0 Å². The average Bonchev–Trinajstić information content (AvgIpc) is 2.32. The maximum absolute atomic E-state index is 6.03. The van der Waals surface area contributed by atoms with Crippen LogP contribution in [0, 0.1) is 0 Å². The summed E-state index contributed by atoms with van der Waals surface area (Å²) in [6, 6.07) is 6.00. The van der Waals surface area contributed by atoms with Crippen molar-refractivity contribution in [3.63, 3.8) is 0 Å². The molecule has 3 nitrogen and oxygen atoms in total. The van der Waals surface area contributed by atoms with Gasteiger partial charge in [0.1, 0.15) is 6.10 Å². The normalized spacial score (nSPS) is 17.4. The SMILES string of the molecule is COc1cccc(C(C)CN)c1OC1CSC1. The molecule has 1 aliphatic heterocycles. The minimum Gasteiger partial charge on any atom is -0.493 e. The van der Waals surface area contributed by atoms with Gasteiger partial charge < -0.3 is 15.2 Å². The summed E-state index contributed by atoms with van der Waals surface area (Å²) < 4.78 is 11.4. The third kappa shape index (κ3) is 2.69. The van der Waals surface area contributed by atoms with Gasteiger partial charge in [0, 0.05) is 17.1 Å². The van der Waals surface area contributed by atoms with Gasteiger partial charge in [-0.2, -0.15) is 11.8 Å². The lowest BCUT2D eigenvalue weighted by Crippen LogP contribution is -2.31. The Hall–Kier alpha value is -0.870. The molecule has 1 unspecified atom stereocenters. The highest BCUT2D eigenvalue weighted by Gasteiger charge is 2.24. The number of para-hydroxylation sites is 1. The molecular weight excluding hydrogens is 234 g/mol. The predicted octanol–water partition coefficient (Wildman–Crippen LogP) is 2.25. The van der Waals surface area contributed by atoms with Crippen LogP contribution in [0.4, 0.5) is 0 Å². The van der Waals surface area contributed by atoms with E-state index in [4.69, 9.17) is 15.2 Å². The highest BCUT2D eigenvalue weighted by atomic mass is 32.2. The van der Waals surface area contributed by atoms with Gasteiger partial charge >= 0.3 is 0 Å². The molecule has 17 heavy (non-hydrogen) atoms. The van der Waals surface area contributed by atoms with Crippen LogP contribution in [0.1, 0.15) is 18.4 Å². The summed E-state index contributed by atoms with van der Waals surface area (Å²) in [6.45, 7) is 2.72. The fourth-order valence-electron chi connectivity index (χ4n) is 1.78. The zero-order valence-corrected chi connectivity index (χ0v) is 11.1. The molecule has 1 aliphatic rings. The Bertz CT molecular complexity index is 380. The van der Waals surface area contributed by atoms with Crippen molar-refractivity contribution >= 4 is 11.8 Å². The van der Waals surface area contributed by atoms with Crippen LogP contribution in [0.5, 0.6) is 11.5 Å². The maximum Gasteiger partial charge on any atom is 0.165 e. The molecule has 1 fully saturated rings. The second-order valence-corrected chi connectivity index (χ2v) is 5.37. The monoisotopic (exact) mass is 253 g/mol. The van der Waals surface area contributed by atoms with Crippen molar-refractivity contribution in [3.8, 4) is 11.5 Å². The van der Waals surface area contributed by atoms with Gasteiger partial charge in [0.15, 0.2) is 11.5 Å². The Morgan fingerprint density at radius 2 is 2.24 bits per heavy atom. The fourth-order valence-corrected chi connectivity index (χ4v) is 2.35. The molecule has 2 N–H and O–H groups in total. The van der Waals surface area contributed by atoms with Crippen molar-refractivity contribution in [2.24, 2.45) is 5.73 Å². The summed E-state index contributed by atoms with van der Waals surface area (Å²) in [7, 11) is 1.68. The van der Waals surface area contributed by atoms with Crippen molar-refractivity contribution in [3.05, 3.63) is 23.8 Å². The molecule has 0 aromatic heterocycles. The Morgan fingerprint density at radius 3 is 2.76 bits per heavy atom. The number of methoxy groups -OCH3 is 1. The van der Waals surface area contributed by atoms with Gasteiger partial charge in [-0.25, -0.2) is 0 Å². The van der Waals surface area contributed by atoms with E-state index >= 15 is 0 Å². The second kappa shape index (κ2) is 5.65. The average molecular weight is 253 g/mol. The molecule has 2 rings (SSSR count). The third-order valence-electron chi connectivity index (χ3n) is 3.01. The summed E-state index contributed by atoms with van der Waals surface area (Å²) in [5.74, 6) is 4.09. The fraction of sp³-hybridized carbons (Fsp3) is 0.538. The first-order valence-electron chi connectivity index (χ1n) is 5.87. The number of nitrogens with two attached hydrogens (primary N) is 1. The van der Waals surface area contributed by atoms with Crippen LogP contribution in [0.25, 0.3) is 0 Å². The van der Waals surface area contributed by atoms with Crippen LogP contribution >= 0.6 is 11.8 Å². The van der Waals surface area contributed by atoms with Crippen molar-refractivity contribution < 1.29 is 9.47 Å². The molecule has 0 saturated carbocycles. The number of rotatable bonds is 5. The summed E-state index contributed by atoms with van der Waals surface area (Å²) in [4.78, 5) is 0. The Labute approximate surface area is 107 Å². The van der Waals surface area contributed by atoms with E-state index in [0.29, 0.717) is 12.6 Å². The smallest absolute Gasteiger partial charge is 0.165 e. The molecular formula is C13H19NO2S. The van der Waals surface area contributed by atoms with Crippen molar-refractivity contribution in [2.45, 2.75) is 18.9 Å². The van der Waals surface area contributed by atoms with E-state index in [0.717, 1.165) is 28.6 Å². The van der Waals surface area contributed by atoms with E-state index in [1.807, 2.05) is 23.9 Å². The molecule has 0 radical (unpaired) electrons. The largest absolute Gasteiger partial charge is 0.493 e. The van der Waals surface area contributed by atoms with E-state index in [9.17, 15) is 0 Å². The van der Waals surface area contributed by atoms with Crippen LogP contribution in [0.2, 0.25) is 0 Å². The first-order chi connectivity index (χ1) is 8.26. The minimum atomic E-state index is 0.285. The number of hydrogen-bond acceptors (Lipinski definition) is 4. The number of thioether (sulfide) groups is 1. The lowest BCUT2D eigenvalue weighted by atomic mass is 10.00. The molecule has 1 atom stereocenters. The van der Waals surface area contributed by atoms with Crippen molar-refractivity contribution in [1.82, 2.24) is 0 Å². The van der Waals surface area contributed by atoms with E-state index in [1.165, 1.54) is 0 Å². The maximum atomic E-state index is 6.03. The third-order valence-corrected chi connectivity index (χ3v) is 4.22. The van der Waals surface area contributed by atoms with Crippen molar-refractivity contribution in [1.29, 1.82) is 0 Å². The van der Waals surface area contributed by atoms with E-state index in [2.05, 4.69) is 13.0 Å². The summed E-state index contributed by atoms with van der Waals surface area (Å²) in [5.41, 5.74) is 6.88. The highest BCUT2D eigenvalue weighted by molar-refractivity contribution is 8.00. The molecule has 1 saturated heterocycles. The second-order valence-electron chi connectivity index (χ2n) is 4.29. The molecule has 4 heteroatoms. The number of hydrogen-bond donors (Lipinski definition) is 1. The Kier molecular flexibility index (Phi) is 4.18. The van der Waals surface area contributed by atoms with Crippen LogP contribution in [-0.4, -0.2) is 31.3 Å². The van der Waals surface area contributed by atoms with Crippen LogP contribution in [-0.2, 0) is 0 Å². The summed E-state index contributed by atoms with van der Waals surface area (Å²) >= 11 is 1.91. The quantitative estimate of drug-likeness (QED) is 0.874. The van der Waals surface area contributed by atoms with E-state index in [1.54, 1.807) is 7.11 Å². The minimum absolute atomic E-state index is 0.285. The first-order valence-corrected chi connectivity index (χ1v) is 7.03. The zero-order valence-electron chi connectivity index (χ0n) is 10.3. The molecule has 94 valence electrons. The molecule has 0 aliphatic carbocycles. The van der Waals surface area contributed by atoms with Gasteiger partial charge in [0.2, 0.25) is 0 Å². The summed E-state index contributed by atoms with van der Waals surface area (Å²) in [6.07, 6.45) is 0.319. The number of benzene rings is 1. The predicted molar refractivity (Wildman–Crippen MR) is 72.2 cm³/mol. The lowest BCUT2D eigenvalue weighted by molar-refractivity contribution is 0.225.